The van der Waals surface area contributed by atoms with Crippen LogP contribution in [-0.2, 0) is 0 Å². The molecule has 8 heteroatoms. The number of nitrogens with zero attached hydrogens (tertiary/aromatic N) is 2. The van der Waals surface area contributed by atoms with E-state index in [1.165, 1.54) is 12.1 Å². The van der Waals surface area contributed by atoms with Crippen molar-refractivity contribution < 1.29 is 24.5 Å². The Bertz CT molecular complexity index is 1190. The molecule has 3 aromatic rings. The average molecular weight is 435 g/mol. The second-order valence-corrected chi connectivity index (χ2v) is 8.04. The van der Waals surface area contributed by atoms with Crippen molar-refractivity contribution >= 4 is 28.5 Å². The summed E-state index contributed by atoms with van der Waals surface area (Å²) in [5, 5.41) is 19.6. The third kappa shape index (κ3) is 4.16. The summed E-state index contributed by atoms with van der Waals surface area (Å²) in [6.45, 7) is 3.26. The van der Waals surface area contributed by atoms with E-state index in [-0.39, 0.29) is 28.8 Å². The lowest BCUT2D eigenvalue weighted by atomic mass is 9.97. The molecule has 0 unspecified atom stereocenters. The van der Waals surface area contributed by atoms with E-state index in [0.717, 1.165) is 12.8 Å². The Morgan fingerprint density at radius 1 is 1.19 bits per heavy atom. The molecule has 4 N–H and O–H groups in total. The molecule has 32 heavy (non-hydrogen) atoms. The van der Waals surface area contributed by atoms with Gasteiger partial charge < -0.3 is 25.6 Å². The Morgan fingerprint density at radius 3 is 2.59 bits per heavy atom. The van der Waals surface area contributed by atoms with Crippen molar-refractivity contribution in [2.75, 3.05) is 25.4 Å². The molecule has 1 amide bonds. The van der Waals surface area contributed by atoms with Gasteiger partial charge in [-0.05, 0) is 56.0 Å². The second-order valence-electron chi connectivity index (χ2n) is 8.04. The fourth-order valence-electron chi connectivity index (χ4n) is 4.16. The van der Waals surface area contributed by atoms with Crippen molar-refractivity contribution in [3.63, 3.8) is 0 Å². The largest absolute Gasteiger partial charge is 0.508 e. The van der Waals surface area contributed by atoms with Gasteiger partial charge in [0.15, 0.2) is 0 Å². The topological polar surface area (TPSA) is 126 Å². The number of aryl methyl sites for hydroxylation is 1. The molecule has 2 aromatic carbocycles. The van der Waals surface area contributed by atoms with Crippen molar-refractivity contribution in [2.24, 2.45) is 5.92 Å². The van der Waals surface area contributed by atoms with E-state index in [1.54, 1.807) is 42.2 Å². The van der Waals surface area contributed by atoms with Gasteiger partial charge >= 0.3 is 5.97 Å². The van der Waals surface area contributed by atoms with Gasteiger partial charge in [0.05, 0.1) is 28.9 Å². The van der Waals surface area contributed by atoms with Crippen molar-refractivity contribution in [1.82, 2.24) is 9.88 Å². The maximum atomic E-state index is 12.7. The number of aromatic nitrogens is 1. The highest BCUT2D eigenvalue weighted by Crippen LogP contribution is 2.34. The van der Waals surface area contributed by atoms with Gasteiger partial charge in [-0.25, -0.2) is 4.79 Å². The van der Waals surface area contributed by atoms with Crippen molar-refractivity contribution in [3.05, 3.63) is 59.3 Å². The molecule has 8 nitrogen and oxygen atoms in total. The molecule has 1 fully saturated rings. The maximum Gasteiger partial charge on any atom is 0.339 e. The molecule has 166 valence electrons. The number of anilines is 1. The van der Waals surface area contributed by atoms with Crippen LogP contribution in [0.5, 0.6) is 11.5 Å². The summed E-state index contributed by atoms with van der Waals surface area (Å²) in [5.74, 6) is -0.382. The maximum absolute atomic E-state index is 12.7. The lowest BCUT2D eigenvalue weighted by Crippen LogP contribution is -2.39. The molecule has 0 radical (unpaired) electrons. The number of phenolic OH excluding ortho intramolecular Hbond substituents is 1. The first kappa shape index (κ1) is 21.4. The molecule has 1 aromatic heterocycles. The number of amides is 1. The highest BCUT2D eigenvalue weighted by Gasteiger charge is 2.25. The van der Waals surface area contributed by atoms with E-state index >= 15 is 0 Å². The number of aromatic carboxylic acids is 1. The number of carboxylic acid groups (broad SMARTS) is 1. The van der Waals surface area contributed by atoms with Gasteiger partial charge in [-0.15, -0.1) is 0 Å². The molecule has 2 heterocycles. The number of piperidine rings is 1. The van der Waals surface area contributed by atoms with Crippen LogP contribution in [0.15, 0.2) is 42.5 Å². The predicted molar refractivity (Wildman–Crippen MR) is 120 cm³/mol. The lowest BCUT2D eigenvalue weighted by Gasteiger charge is -2.32. The minimum atomic E-state index is -1.12. The van der Waals surface area contributed by atoms with Gasteiger partial charge in [-0.1, -0.05) is 12.1 Å². The first-order valence-electron chi connectivity index (χ1n) is 10.5. The first-order chi connectivity index (χ1) is 15.3. The first-order valence-corrected chi connectivity index (χ1v) is 10.5. The van der Waals surface area contributed by atoms with Gasteiger partial charge in [0.25, 0.3) is 5.91 Å². The molecule has 1 aliphatic rings. The molecule has 1 aliphatic heterocycles. The number of hydrogen-bond donors (Lipinski definition) is 3. The zero-order valence-corrected chi connectivity index (χ0v) is 17.7. The molecular formula is C24H25N3O5. The van der Waals surface area contributed by atoms with Crippen LogP contribution >= 0.6 is 0 Å². The zero-order chi connectivity index (χ0) is 22.8. The van der Waals surface area contributed by atoms with Crippen LogP contribution < -0.4 is 10.5 Å². The average Bonchev–Trinajstić information content (AvgIpc) is 2.77. The number of carbonyl (C=O) groups excluding carboxylic acids is 1. The number of carbonyl (C=O) groups is 2. The third-order valence-electron chi connectivity index (χ3n) is 5.88. The smallest absolute Gasteiger partial charge is 0.339 e. The number of rotatable bonds is 5. The van der Waals surface area contributed by atoms with Crippen LogP contribution in [0.2, 0.25) is 0 Å². The predicted octanol–water partition coefficient (Wildman–Crippen LogP) is 3.46. The van der Waals surface area contributed by atoms with Gasteiger partial charge in [-0.2, -0.15) is 0 Å². The van der Waals surface area contributed by atoms with E-state index in [2.05, 4.69) is 4.98 Å². The number of nitrogen functional groups attached to an aromatic ring is 1. The van der Waals surface area contributed by atoms with Crippen LogP contribution in [0.4, 0.5) is 5.69 Å². The number of pyridine rings is 1. The Balaban J connectivity index is 1.43. The fraction of sp³-hybridized carbons (Fsp3) is 0.292. The standard InChI is InChI=1S/C24H25N3O5/c1-14-20(24(30)31)22(25)21-18(26-14)6-3-7-19(21)32-13-15-8-10-27(11-9-15)23(29)16-4-2-5-17(28)12-16/h2-7,12,15,28H,8-11,13H2,1H3,(H2,25,26)(H,30,31). The Morgan fingerprint density at radius 2 is 1.91 bits per heavy atom. The number of benzene rings is 2. The lowest BCUT2D eigenvalue weighted by molar-refractivity contribution is 0.0659. The summed E-state index contributed by atoms with van der Waals surface area (Å²) >= 11 is 0. The van der Waals surface area contributed by atoms with Gasteiger partial charge in [0, 0.05) is 18.7 Å². The zero-order valence-electron chi connectivity index (χ0n) is 17.7. The summed E-state index contributed by atoms with van der Waals surface area (Å²) in [6.07, 6.45) is 1.56. The third-order valence-corrected chi connectivity index (χ3v) is 5.88. The van der Waals surface area contributed by atoms with E-state index in [1.807, 2.05) is 0 Å². The monoisotopic (exact) mass is 435 g/mol. The Labute approximate surface area is 185 Å². The van der Waals surface area contributed by atoms with Gasteiger partial charge in [0.2, 0.25) is 0 Å². The number of aromatic hydroxyl groups is 1. The fourth-order valence-corrected chi connectivity index (χ4v) is 4.16. The van der Waals surface area contributed by atoms with Crippen LogP contribution in [0.1, 0.15) is 39.3 Å². The van der Waals surface area contributed by atoms with Crippen molar-refractivity contribution in [2.45, 2.75) is 19.8 Å². The minimum Gasteiger partial charge on any atom is -0.508 e. The number of carboxylic acids is 1. The minimum absolute atomic E-state index is 0.00711. The summed E-state index contributed by atoms with van der Waals surface area (Å²) in [6, 6.07) is 11.7. The SMILES string of the molecule is Cc1nc2cccc(OCC3CCN(C(=O)c4cccc(O)c4)CC3)c2c(N)c1C(=O)O. The molecule has 0 spiro atoms. The highest BCUT2D eigenvalue weighted by molar-refractivity contribution is 6.06. The van der Waals surface area contributed by atoms with Crippen LogP contribution in [0.25, 0.3) is 10.9 Å². The molecule has 0 saturated carbocycles. The Hall–Kier alpha value is -3.81. The quantitative estimate of drug-likeness (QED) is 0.560. The molecule has 1 saturated heterocycles. The number of hydrogen-bond acceptors (Lipinski definition) is 6. The van der Waals surface area contributed by atoms with E-state index < -0.39 is 5.97 Å². The number of likely N-dealkylation sites (tertiary alicyclic amines) is 1. The van der Waals surface area contributed by atoms with E-state index in [9.17, 15) is 19.8 Å². The second kappa shape index (κ2) is 8.74. The molecular weight excluding hydrogens is 410 g/mol. The number of ether oxygens (including phenoxy) is 1. The summed E-state index contributed by atoms with van der Waals surface area (Å²) < 4.78 is 6.06. The summed E-state index contributed by atoms with van der Waals surface area (Å²) in [5.41, 5.74) is 7.76. The normalized spacial score (nSPS) is 14.5. The summed E-state index contributed by atoms with van der Waals surface area (Å²) in [4.78, 5) is 30.4. The molecule has 0 atom stereocenters. The number of nitrogens with two attached hydrogens (primary N) is 1. The van der Waals surface area contributed by atoms with E-state index in [4.69, 9.17) is 10.5 Å². The van der Waals surface area contributed by atoms with Crippen molar-refractivity contribution in [1.29, 1.82) is 0 Å². The van der Waals surface area contributed by atoms with Crippen LogP contribution in [0.3, 0.4) is 0 Å². The van der Waals surface area contributed by atoms with E-state index in [0.29, 0.717) is 47.6 Å². The van der Waals surface area contributed by atoms with Gasteiger partial charge in [0.1, 0.15) is 17.1 Å². The number of fused-ring (bicyclic) bond motifs is 1. The molecule has 4 rings (SSSR count). The Kier molecular flexibility index (Phi) is 5.85. The summed E-state index contributed by atoms with van der Waals surface area (Å²) in [7, 11) is 0. The van der Waals surface area contributed by atoms with Crippen molar-refractivity contribution in [3.8, 4) is 11.5 Å². The molecule has 0 aliphatic carbocycles. The highest BCUT2D eigenvalue weighted by atomic mass is 16.5. The van der Waals surface area contributed by atoms with Crippen LogP contribution in [-0.4, -0.2) is 51.7 Å². The molecule has 0 bridgehead atoms. The van der Waals surface area contributed by atoms with Crippen LogP contribution in [0, 0.1) is 12.8 Å². The van der Waals surface area contributed by atoms with Gasteiger partial charge in [-0.3, -0.25) is 9.78 Å². The number of phenols is 1.